The lowest BCUT2D eigenvalue weighted by atomic mass is 10.1. The van der Waals surface area contributed by atoms with Gasteiger partial charge in [-0.05, 0) is 31.1 Å². The molecule has 0 radical (unpaired) electrons. The third-order valence-corrected chi connectivity index (χ3v) is 3.32. The topological polar surface area (TPSA) is 29.3 Å². The van der Waals surface area contributed by atoms with Crippen molar-refractivity contribution < 1.29 is 0 Å². The fourth-order valence-electron chi connectivity index (χ4n) is 2.27. The van der Waals surface area contributed by atoms with Crippen molar-refractivity contribution >= 4 is 0 Å². The summed E-state index contributed by atoms with van der Waals surface area (Å²) in [6.45, 7) is 3.24. The van der Waals surface area contributed by atoms with Gasteiger partial charge < -0.3 is 10.6 Å². The number of rotatable bonds is 2. The molecule has 0 aromatic heterocycles. The predicted molar refractivity (Wildman–Crippen MR) is 59.2 cm³/mol. The van der Waals surface area contributed by atoms with Crippen molar-refractivity contribution in [3.8, 4) is 0 Å². The Morgan fingerprint density at radius 3 is 2.79 bits per heavy atom. The van der Waals surface area contributed by atoms with Crippen molar-refractivity contribution in [1.29, 1.82) is 0 Å². The fraction of sp³-hybridized carbons (Fsp3) is 0.500. The maximum Gasteiger partial charge on any atom is 0.0459 e. The number of nitrogens with two attached hydrogens (primary N) is 1. The molecule has 1 aliphatic rings. The molecule has 0 heterocycles. The first kappa shape index (κ1) is 9.69. The van der Waals surface area contributed by atoms with Gasteiger partial charge in [0, 0.05) is 12.1 Å². The summed E-state index contributed by atoms with van der Waals surface area (Å²) in [5, 5.41) is 0. The summed E-state index contributed by atoms with van der Waals surface area (Å²) in [6.07, 6.45) is 1.10. The minimum Gasteiger partial charge on any atom is -0.323 e. The third kappa shape index (κ3) is 1.45. The second-order valence-electron chi connectivity index (χ2n) is 4.07. The van der Waals surface area contributed by atoms with Gasteiger partial charge in [0.15, 0.2) is 0 Å². The molecule has 0 spiro atoms. The lowest BCUT2D eigenvalue weighted by Gasteiger charge is -2.26. The third-order valence-electron chi connectivity index (χ3n) is 3.32. The van der Waals surface area contributed by atoms with Crippen LogP contribution >= 0.6 is 0 Å². The van der Waals surface area contributed by atoms with Crippen LogP contribution in [0.1, 0.15) is 24.1 Å². The number of hydrogen-bond acceptors (Lipinski definition) is 2. The highest BCUT2D eigenvalue weighted by Gasteiger charge is 2.31. The Morgan fingerprint density at radius 2 is 2.14 bits per heavy atom. The van der Waals surface area contributed by atoms with E-state index in [1.54, 1.807) is 0 Å². The largest absolute Gasteiger partial charge is 0.323 e. The van der Waals surface area contributed by atoms with Crippen LogP contribution in [0.2, 0.25) is 0 Å². The predicted octanol–water partition coefficient (Wildman–Crippen LogP) is 1.56. The Hall–Kier alpha value is -0.860. The highest BCUT2D eigenvalue weighted by molar-refractivity contribution is 5.36. The number of likely N-dealkylation sites (N-methyl/N-ethyl adjacent to an activating group) is 1. The lowest BCUT2D eigenvalue weighted by molar-refractivity contribution is 0.233. The zero-order valence-corrected chi connectivity index (χ0v) is 8.90. The van der Waals surface area contributed by atoms with E-state index in [1.807, 2.05) is 0 Å². The van der Waals surface area contributed by atoms with E-state index < -0.39 is 0 Å². The van der Waals surface area contributed by atoms with Crippen LogP contribution in [0, 0.1) is 0 Å². The average Bonchev–Trinajstić information content (AvgIpc) is 2.56. The molecule has 2 atom stereocenters. The van der Waals surface area contributed by atoms with Gasteiger partial charge in [0.05, 0.1) is 0 Å². The molecule has 76 valence electrons. The van der Waals surface area contributed by atoms with E-state index in [0.29, 0.717) is 6.04 Å². The molecule has 0 saturated heterocycles. The van der Waals surface area contributed by atoms with E-state index in [4.69, 9.17) is 5.73 Å². The van der Waals surface area contributed by atoms with Gasteiger partial charge in [0.25, 0.3) is 0 Å². The maximum absolute atomic E-state index is 6.23. The lowest BCUT2D eigenvalue weighted by Crippen LogP contribution is -2.38. The van der Waals surface area contributed by atoms with E-state index >= 15 is 0 Å². The van der Waals surface area contributed by atoms with Gasteiger partial charge in [0.1, 0.15) is 0 Å². The molecule has 2 N–H and O–H groups in total. The molecule has 2 unspecified atom stereocenters. The molecule has 0 amide bonds. The van der Waals surface area contributed by atoms with Crippen LogP contribution in [0.4, 0.5) is 0 Å². The maximum atomic E-state index is 6.23. The van der Waals surface area contributed by atoms with Crippen LogP contribution in [-0.4, -0.2) is 24.5 Å². The first-order chi connectivity index (χ1) is 6.74. The van der Waals surface area contributed by atoms with Gasteiger partial charge in [0.2, 0.25) is 0 Å². The molecule has 0 bridgehead atoms. The summed E-state index contributed by atoms with van der Waals surface area (Å²) in [6, 6.07) is 9.20. The molecule has 14 heavy (non-hydrogen) atoms. The molecule has 0 fully saturated rings. The van der Waals surface area contributed by atoms with Crippen LogP contribution in [0.25, 0.3) is 0 Å². The second kappa shape index (κ2) is 3.71. The number of nitrogens with zero attached hydrogens (tertiary/aromatic N) is 1. The summed E-state index contributed by atoms with van der Waals surface area (Å²) >= 11 is 0. The van der Waals surface area contributed by atoms with Crippen LogP contribution in [0.3, 0.4) is 0 Å². The number of fused-ring (bicyclic) bond motifs is 1. The van der Waals surface area contributed by atoms with E-state index in [0.717, 1.165) is 13.0 Å². The Labute approximate surface area is 85.7 Å². The van der Waals surface area contributed by atoms with Gasteiger partial charge >= 0.3 is 0 Å². The summed E-state index contributed by atoms with van der Waals surface area (Å²) in [4.78, 5) is 2.34. The zero-order valence-electron chi connectivity index (χ0n) is 8.90. The Bertz CT molecular complexity index is 322. The Balaban J connectivity index is 2.25. The quantitative estimate of drug-likeness (QED) is 0.767. The van der Waals surface area contributed by atoms with Gasteiger partial charge in [-0.1, -0.05) is 31.2 Å². The minimum atomic E-state index is 0.191. The highest BCUT2D eigenvalue weighted by atomic mass is 15.1. The Kier molecular flexibility index (Phi) is 2.57. The fourth-order valence-corrected chi connectivity index (χ4v) is 2.27. The molecule has 0 saturated carbocycles. The van der Waals surface area contributed by atoms with Gasteiger partial charge in [-0.2, -0.15) is 0 Å². The van der Waals surface area contributed by atoms with Gasteiger partial charge in [-0.15, -0.1) is 0 Å². The summed E-state index contributed by atoms with van der Waals surface area (Å²) in [5.41, 5.74) is 8.98. The summed E-state index contributed by atoms with van der Waals surface area (Å²) in [5.74, 6) is 0. The standard InChI is InChI=1S/C12H18N2/c1-3-14(2)11-8-9-6-4-5-7-10(9)12(11)13/h4-7,11-12H,3,8,13H2,1-2H3. The van der Waals surface area contributed by atoms with Crippen LogP contribution < -0.4 is 5.73 Å². The minimum absolute atomic E-state index is 0.191. The molecule has 1 aromatic rings. The molecule has 2 rings (SSSR count). The van der Waals surface area contributed by atoms with Gasteiger partial charge in [-0.25, -0.2) is 0 Å². The average molecular weight is 190 g/mol. The molecule has 1 aromatic carbocycles. The highest BCUT2D eigenvalue weighted by Crippen LogP contribution is 2.31. The SMILES string of the molecule is CCN(C)C1Cc2ccccc2C1N. The van der Waals surface area contributed by atoms with Crippen molar-refractivity contribution in [3.63, 3.8) is 0 Å². The summed E-state index contributed by atoms with van der Waals surface area (Å²) < 4.78 is 0. The van der Waals surface area contributed by atoms with Crippen LogP contribution in [0.5, 0.6) is 0 Å². The number of benzene rings is 1. The smallest absolute Gasteiger partial charge is 0.0459 e. The molecule has 0 aliphatic heterocycles. The van der Waals surface area contributed by atoms with Crippen LogP contribution in [0.15, 0.2) is 24.3 Å². The van der Waals surface area contributed by atoms with E-state index in [1.165, 1.54) is 11.1 Å². The van der Waals surface area contributed by atoms with Crippen molar-refractivity contribution in [2.24, 2.45) is 5.73 Å². The van der Waals surface area contributed by atoms with Crippen LogP contribution in [-0.2, 0) is 6.42 Å². The monoisotopic (exact) mass is 190 g/mol. The van der Waals surface area contributed by atoms with Crippen molar-refractivity contribution in [2.75, 3.05) is 13.6 Å². The molecule has 2 nitrogen and oxygen atoms in total. The molecular formula is C12H18N2. The number of hydrogen-bond donors (Lipinski definition) is 1. The van der Waals surface area contributed by atoms with Gasteiger partial charge in [-0.3, -0.25) is 0 Å². The van der Waals surface area contributed by atoms with Crippen molar-refractivity contribution in [3.05, 3.63) is 35.4 Å². The molecule has 2 heteroatoms. The van der Waals surface area contributed by atoms with Crippen molar-refractivity contribution in [2.45, 2.75) is 25.4 Å². The Morgan fingerprint density at radius 1 is 1.43 bits per heavy atom. The van der Waals surface area contributed by atoms with E-state index in [9.17, 15) is 0 Å². The zero-order chi connectivity index (χ0) is 10.1. The van der Waals surface area contributed by atoms with E-state index in [2.05, 4.69) is 43.1 Å². The summed E-state index contributed by atoms with van der Waals surface area (Å²) in [7, 11) is 2.15. The normalized spacial score (nSPS) is 25.4. The molecular weight excluding hydrogens is 172 g/mol. The first-order valence-corrected chi connectivity index (χ1v) is 5.27. The second-order valence-corrected chi connectivity index (χ2v) is 4.07. The van der Waals surface area contributed by atoms with E-state index in [-0.39, 0.29) is 6.04 Å². The first-order valence-electron chi connectivity index (χ1n) is 5.27. The van der Waals surface area contributed by atoms with Crippen molar-refractivity contribution in [1.82, 2.24) is 4.90 Å². The molecule has 1 aliphatic carbocycles.